The van der Waals surface area contributed by atoms with E-state index in [1.165, 1.54) is 6.20 Å². The lowest BCUT2D eigenvalue weighted by Gasteiger charge is -2.05. The molecular weight excluding hydrogens is 252 g/mol. The molecule has 0 aromatic carbocycles. The third-order valence-electron chi connectivity index (χ3n) is 3.01. The Balaban J connectivity index is 1.70. The van der Waals surface area contributed by atoms with E-state index in [2.05, 4.69) is 10.3 Å². The molecule has 1 aromatic rings. The van der Waals surface area contributed by atoms with Crippen molar-refractivity contribution in [2.45, 2.75) is 6.42 Å². The Bertz CT molecular complexity index is 588. The number of aromatic nitrogens is 1. The van der Waals surface area contributed by atoms with Crippen LogP contribution in [0, 0.1) is 11.8 Å². The first-order chi connectivity index (χ1) is 8.63. The molecule has 2 unspecified atom stereocenters. The van der Waals surface area contributed by atoms with E-state index >= 15 is 0 Å². The lowest BCUT2D eigenvalue weighted by atomic mass is 10.1. The van der Waals surface area contributed by atoms with Crippen molar-refractivity contribution in [1.82, 2.24) is 4.98 Å². The second kappa shape index (κ2) is 4.06. The number of carboxylic acid groups (broad SMARTS) is 1. The number of anilines is 1. The summed E-state index contributed by atoms with van der Waals surface area (Å²) in [6.45, 7) is 0. The summed E-state index contributed by atoms with van der Waals surface area (Å²) in [5.74, 6) is -0.157. The van der Waals surface area contributed by atoms with Gasteiger partial charge in [-0.05, 0) is 18.3 Å². The number of hydrogen-bond donors (Lipinski definition) is 2. The molecule has 1 amide bonds. The number of nitrogens with zero attached hydrogens (tertiary/aromatic N) is 1. The van der Waals surface area contributed by atoms with E-state index in [1.54, 1.807) is 0 Å². The topological polar surface area (TPSA) is 79.3 Å². The van der Waals surface area contributed by atoms with Gasteiger partial charge >= 0.3 is 5.97 Å². The fraction of sp³-hybridized carbons (Fsp3) is 0.250. The van der Waals surface area contributed by atoms with Crippen LogP contribution in [0.4, 0.5) is 5.13 Å². The van der Waals surface area contributed by atoms with Crippen molar-refractivity contribution in [1.29, 1.82) is 0 Å². The molecular formula is C12H10N2O3S. The molecule has 6 heteroatoms. The predicted molar refractivity (Wildman–Crippen MR) is 66.5 cm³/mol. The first-order valence-corrected chi connectivity index (χ1v) is 6.35. The van der Waals surface area contributed by atoms with Crippen LogP contribution in [-0.4, -0.2) is 22.0 Å². The summed E-state index contributed by atoms with van der Waals surface area (Å²) in [4.78, 5) is 26.6. The fourth-order valence-corrected chi connectivity index (χ4v) is 2.56. The average Bonchev–Trinajstić information content (AvgIpc) is 2.97. The number of carbonyl (C=O) groups is 2. The molecule has 92 valence electrons. The third-order valence-corrected chi connectivity index (χ3v) is 3.91. The van der Waals surface area contributed by atoms with Crippen molar-refractivity contribution < 1.29 is 14.7 Å². The molecule has 0 bridgehead atoms. The van der Waals surface area contributed by atoms with E-state index in [0.29, 0.717) is 22.5 Å². The summed E-state index contributed by atoms with van der Waals surface area (Å²) in [6.07, 6.45) is 8.18. The van der Waals surface area contributed by atoms with E-state index in [9.17, 15) is 9.59 Å². The molecule has 3 rings (SSSR count). The summed E-state index contributed by atoms with van der Waals surface area (Å²) in [5.41, 5.74) is 0.626. The Morgan fingerprint density at radius 1 is 1.44 bits per heavy atom. The molecule has 1 aromatic heterocycles. The van der Waals surface area contributed by atoms with Gasteiger partial charge in [-0.3, -0.25) is 10.1 Å². The van der Waals surface area contributed by atoms with Crippen LogP contribution in [0.25, 0.3) is 0 Å². The number of fused-ring (bicyclic) bond motifs is 1. The predicted octanol–water partition coefficient (Wildman–Crippen LogP) is 1.91. The van der Waals surface area contributed by atoms with E-state index < -0.39 is 5.97 Å². The molecule has 0 aliphatic heterocycles. The number of hydrogen-bond acceptors (Lipinski definition) is 4. The van der Waals surface area contributed by atoms with Crippen LogP contribution in [0.5, 0.6) is 0 Å². The number of rotatable bonds is 3. The number of thiazole rings is 1. The molecule has 2 aliphatic rings. The lowest BCUT2D eigenvalue weighted by molar-refractivity contribution is -0.112. The van der Waals surface area contributed by atoms with Gasteiger partial charge in [0.15, 0.2) is 5.13 Å². The Kier molecular flexibility index (Phi) is 2.52. The van der Waals surface area contributed by atoms with E-state index in [0.717, 1.165) is 17.8 Å². The smallest absolute Gasteiger partial charge is 0.347 e. The van der Waals surface area contributed by atoms with E-state index in [-0.39, 0.29) is 10.8 Å². The third kappa shape index (κ3) is 2.06. The molecule has 0 saturated heterocycles. The highest BCUT2D eigenvalue weighted by molar-refractivity contribution is 7.17. The van der Waals surface area contributed by atoms with Crippen molar-refractivity contribution in [3.8, 4) is 0 Å². The quantitative estimate of drug-likeness (QED) is 0.872. The SMILES string of the molecule is O=C(Nc1ncc(C(=O)O)s1)C1=CC2CC2C=C1. The maximum atomic E-state index is 11.9. The van der Waals surface area contributed by atoms with Crippen LogP contribution in [0.1, 0.15) is 16.1 Å². The van der Waals surface area contributed by atoms with Crippen molar-refractivity contribution in [3.63, 3.8) is 0 Å². The molecule has 1 fully saturated rings. The standard InChI is InChI=1S/C12H10N2O3S/c15-10(7-2-1-6-3-8(6)4-7)14-12-13-5-9(18-12)11(16)17/h1-2,4-6,8H,3H2,(H,16,17)(H,13,14,15). The maximum absolute atomic E-state index is 11.9. The normalized spacial score (nSPS) is 24.1. The highest BCUT2D eigenvalue weighted by atomic mass is 32.1. The lowest BCUT2D eigenvalue weighted by Crippen LogP contribution is -2.14. The number of amides is 1. The Labute approximate surface area is 107 Å². The second-order valence-corrected chi connectivity index (χ2v) is 5.36. The second-order valence-electron chi connectivity index (χ2n) is 4.33. The number of carboxylic acids is 1. The molecule has 2 N–H and O–H groups in total. The molecule has 1 heterocycles. The summed E-state index contributed by atoms with van der Waals surface area (Å²) in [7, 11) is 0. The zero-order chi connectivity index (χ0) is 12.7. The van der Waals surface area contributed by atoms with E-state index in [4.69, 9.17) is 5.11 Å². The highest BCUT2D eigenvalue weighted by Crippen LogP contribution is 2.44. The molecule has 18 heavy (non-hydrogen) atoms. The van der Waals surface area contributed by atoms with Gasteiger partial charge in [0, 0.05) is 5.57 Å². The molecule has 5 nitrogen and oxygen atoms in total. The minimum Gasteiger partial charge on any atom is -0.477 e. The van der Waals surface area contributed by atoms with Crippen LogP contribution >= 0.6 is 11.3 Å². The summed E-state index contributed by atoms with van der Waals surface area (Å²) < 4.78 is 0. The van der Waals surface area contributed by atoms with E-state index in [1.807, 2.05) is 18.2 Å². The zero-order valence-corrected chi connectivity index (χ0v) is 10.1. The number of nitrogens with one attached hydrogen (secondary N) is 1. The first-order valence-electron chi connectivity index (χ1n) is 5.54. The molecule has 0 radical (unpaired) electrons. The van der Waals surface area contributed by atoms with Crippen LogP contribution in [0.15, 0.2) is 30.0 Å². The van der Waals surface area contributed by atoms with Gasteiger partial charge in [0.05, 0.1) is 6.20 Å². The number of aromatic carboxylic acids is 1. The van der Waals surface area contributed by atoms with Crippen molar-refractivity contribution in [2.75, 3.05) is 5.32 Å². The van der Waals surface area contributed by atoms with Crippen molar-refractivity contribution in [2.24, 2.45) is 11.8 Å². The largest absolute Gasteiger partial charge is 0.477 e. The monoisotopic (exact) mass is 262 g/mol. The molecule has 2 atom stereocenters. The molecule has 1 saturated carbocycles. The summed E-state index contributed by atoms with van der Waals surface area (Å²) in [5, 5.41) is 11.7. The number of allylic oxidation sites excluding steroid dienone is 2. The van der Waals surface area contributed by atoms with Gasteiger partial charge in [0.1, 0.15) is 4.88 Å². The van der Waals surface area contributed by atoms with Gasteiger partial charge in [0.25, 0.3) is 5.91 Å². The maximum Gasteiger partial charge on any atom is 0.347 e. The van der Waals surface area contributed by atoms with Crippen LogP contribution in [0.2, 0.25) is 0 Å². The first kappa shape index (κ1) is 11.2. The average molecular weight is 262 g/mol. The minimum absolute atomic E-state index is 0.112. The van der Waals surface area contributed by atoms with Crippen LogP contribution < -0.4 is 5.32 Å². The van der Waals surface area contributed by atoms with Gasteiger partial charge < -0.3 is 5.11 Å². The van der Waals surface area contributed by atoms with Gasteiger partial charge in [-0.25, -0.2) is 9.78 Å². The zero-order valence-electron chi connectivity index (χ0n) is 9.29. The summed E-state index contributed by atoms with van der Waals surface area (Å²) >= 11 is 0.951. The minimum atomic E-state index is -1.04. The number of carbonyl (C=O) groups excluding carboxylic acids is 1. The van der Waals surface area contributed by atoms with Gasteiger partial charge in [-0.15, -0.1) is 0 Å². The fourth-order valence-electron chi connectivity index (χ4n) is 1.91. The summed E-state index contributed by atoms with van der Waals surface area (Å²) in [6, 6.07) is 0. The molecule has 2 aliphatic carbocycles. The van der Waals surface area contributed by atoms with Crippen LogP contribution in [0.3, 0.4) is 0 Å². The Morgan fingerprint density at radius 3 is 2.94 bits per heavy atom. The van der Waals surface area contributed by atoms with Gasteiger partial charge in [-0.1, -0.05) is 29.6 Å². The van der Waals surface area contributed by atoms with Gasteiger partial charge in [0.2, 0.25) is 0 Å². The van der Waals surface area contributed by atoms with Crippen LogP contribution in [-0.2, 0) is 4.79 Å². The van der Waals surface area contributed by atoms with Gasteiger partial charge in [-0.2, -0.15) is 0 Å². The Hall–Kier alpha value is -1.95. The molecule has 0 spiro atoms. The Morgan fingerprint density at radius 2 is 2.28 bits per heavy atom. The van der Waals surface area contributed by atoms with Crippen molar-refractivity contribution >= 4 is 28.3 Å². The highest BCUT2D eigenvalue weighted by Gasteiger charge is 2.36. The van der Waals surface area contributed by atoms with Crippen molar-refractivity contribution in [3.05, 3.63) is 34.9 Å².